The predicted octanol–water partition coefficient (Wildman–Crippen LogP) is 5.85. The summed E-state index contributed by atoms with van der Waals surface area (Å²) < 4.78 is 14.3. The van der Waals surface area contributed by atoms with Crippen LogP contribution < -0.4 is 5.32 Å². The van der Waals surface area contributed by atoms with Crippen molar-refractivity contribution in [3.63, 3.8) is 0 Å². The van der Waals surface area contributed by atoms with Crippen LogP contribution in [0.15, 0.2) is 54.1 Å². The van der Waals surface area contributed by atoms with E-state index in [1.54, 1.807) is 11.6 Å². The molecule has 1 aromatic heterocycles. The van der Waals surface area contributed by atoms with Crippen LogP contribution in [0.4, 0.5) is 9.52 Å². The first-order valence-corrected chi connectivity index (χ1v) is 14.8. The summed E-state index contributed by atoms with van der Waals surface area (Å²) in [5.74, 6) is -0.228. The molecule has 6 rings (SSSR count). The lowest BCUT2D eigenvalue weighted by molar-refractivity contribution is -0.120. The van der Waals surface area contributed by atoms with E-state index in [0.717, 1.165) is 54.4 Å². The van der Waals surface area contributed by atoms with Gasteiger partial charge in [-0.2, -0.15) is 0 Å². The van der Waals surface area contributed by atoms with Crippen LogP contribution in [0, 0.1) is 17.7 Å². The van der Waals surface area contributed by atoms with Gasteiger partial charge in [-0.15, -0.1) is 11.3 Å². The summed E-state index contributed by atoms with van der Waals surface area (Å²) >= 11 is 1.24. The van der Waals surface area contributed by atoms with E-state index in [2.05, 4.69) is 34.4 Å². The van der Waals surface area contributed by atoms with Crippen LogP contribution in [0.3, 0.4) is 0 Å². The molecule has 3 aliphatic rings. The number of nitrogens with zero attached hydrogens (tertiary/aromatic N) is 3. The number of thiazole rings is 1. The average molecular weight is 561 g/mol. The number of nitrogens with one attached hydrogen (secondary N) is 1. The Labute approximate surface area is 237 Å². The normalized spacial score (nSPS) is 20.8. The molecule has 40 heavy (non-hydrogen) atoms. The number of aromatic nitrogens is 1. The minimum absolute atomic E-state index is 0.0328. The van der Waals surface area contributed by atoms with Gasteiger partial charge in [-0.3, -0.25) is 14.9 Å². The Morgan fingerprint density at radius 2 is 1.98 bits per heavy atom. The Morgan fingerprint density at radius 1 is 1.15 bits per heavy atom. The van der Waals surface area contributed by atoms with Crippen LogP contribution in [0.25, 0.3) is 5.57 Å². The number of benzene rings is 2. The Kier molecular flexibility index (Phi) is 7.42. The lowest BCUT2D eigenvalue weighted by atomic mass is 9.75. The molecular formula is C31H33FN4O3S. The summed E-state index contributed by atoms with van der Waals surface area (Å²) in [5, 5.41) is 15.4. The minimum atomic E-state index is -1.23. The first kappa shape index (κ1) is 26.7. The molecule has 2 amide bonds. The van der Waals surface area contributed by atoms with E-state index < -0.39 is 17.8 Å². The third-order valence-corrected chi connectivity index (χ3v) is 9.39. The molecule has 2 N–H and O–H groups in total. The summed E-state index contributed by atoms with van der Waals surface area (Å²) in [5.41, 5.74) is 3.67. The van der Waals surface area contributed by atoms with E-state index in [-0.39, 0.29) is 23.8 Å². The number of likely N-dealkylation sites (tertiary alicyclic amines) is 1. The molecule has 2 aromatic carbocycles. The van der Waals surface area contributed by atoms with Crippen LogP contribution >= 0.6 is 11.3 Å². The van der Waals surface area contributed by atoms with Crippen LogP contribution in [-0.4, -0.2) is 51.8 Å². The second kappa shape index (κ2) is 11.1. The number of fused-ring (bicyclic) bond motifs is 1. The molecule has 0 saturated carbocycles. The fraction of sp³-hybridized carbons (Fsp3) is 0.387. The highest BCUT2D eigenvalue weighted by Crippen LogP contribution is 2.40. The number of piperidine rings is 1. The number of hydrogen-bond donors (Lipinski definition) is 2. The van der Waals surface area contributed by atoms with Crippen LogP contribution in [-0.2, 0) is 11.3 Å². The Bertz CT molecular complexity index is 1450. The van der Waals surface area contributed by atoms with Crippen molar-refractivity contribution in [2.45, 2.75) is 44.7 Å². The smallest absolute Gasteiger partial charge is 0.255 e. The molecule has 0 radical (unpaired) electrons. The van der Waals surface area contributed by atoms with Crippen molar-refractivity contribution >= 4 is 33.9 Å². The molecule has 2 unspecified atom stereocenters. The van der Waals surface area contributed by atoms with E-state index in [1.807, 2.05) is 12.1 Å². The number of halogens is 1. The monoisotopic (exact) mass is 560 g/mol. The summed E-state index contributed by atoms with van der Waals surface area (Å²) in [7, 11) is 2.20. The van der Waals surface area contributed by atoms with Gasteiger partial charge in [-0.25, -0.2) is 9.37 Å². The number of carbonyl (C=O) groups excluding carboxylic acids is 2. The Morgan fingerprint density at radius 3 is 2.70 bits per heavy atom. The molecule has 208 valence electrons. The molecule has 9 heteroatoms. The molecule has 1 aliphatic carbocycles. The first-order chi connectivity index (χ1) is 19.4. The van der Waals surface area contributed by atoms with Gasteiger partial charge in [-0.05, 0) is 105 Å². The molecule has 0 bridgehead atoms. The number of phenolic OH excluding ortho intramolecular Hbond substituents is 1. The Hall–Kier alpha value is -3.56. The zero-order chi connectivity index (χ0) is 27.8. The topological polar surface area (TPSA) is 85.8 Å². The molecule has 7 nitrogen and oxygen atoms in total. The van der Waals surface area contributed by atoms with E-state index in [4.69, 9.17) is 0 Å². The summed E-state index contributed by atoms with van der Waals surface area (Å²) in [6.45, 7) is 2.53. The second-order valence-electron chi connectivity index (χ2n) is 11.1. The summed E-state index contributed by atoms with van der Waals surface area (Å²) in [6.07, 6.45) is 9.67. The number of hydrogen-bond acceptors (Lipinski definition) is 6. The van der Waals surface area contributed by atoms with Crippen molar-refractivity contribution in [3.8, 4) is 5.75 Å². The fourth-order valence-electron chi connectivity index (χ4n) is 6.43. The van der Waals surface area contributed by atoms with Gasteiger partial charge in [0.1, 0.15) is 17.6 Å². The van der Waals surface area contributed by atoms with Gasteiger partial charge in [0.15, 0.2) is 5.13 Å². The summed E-state index contributed by atoms with van der Waals surface area (Å²) in [4.78, 5) is 35.1. The van der Waals surface area contributed by atoms with Crippen molar-refractivity contribution in [1.82, 2.24) is 14.8 Å². The van der Waals surface area contributed by atoms with Crippen LogP contribution in [0.1, 0.15) is 65.2 Å². The van der Waals surface area contributed by atoms with E-state index in [1.165, 1.54) is 53.8 Å². The van der Waals surface area contributed by atoms with Gasteiger partial charge in [0.2, 0.25) is 0 Å². The highest BCUT2D eigenvalue weighted by molar-refractivity contribution is 7.13. The number of anilines is 1. The van der Waals surface area contributed by atoms with Gasteiger partial charge >= 0.3 is 0 Å². The maximum atomic E-state index is 14.3. The number of aromatic hydroxyl groups is 1. The number of carbonyl (C=O) groups is 2. The van der Waals surface area contributed by atoms with Crippen molar-refractivity contribution in [3.05, 3.63) is 82.1 Å². The predicted molar refractivity (Wildman–Crippen MR) is 153 cm³/mol. The average Bonchev–Trinajstić information content (AvgIpc) is 3.59. The zero-order valence-corrected chi connectivity index (χ0v) is 23.3. The van der Waals surface area contributed by atoms with Crippen molar-refractivity contribution in [1.29, 1.82) is 0 Å². The second-order valence-corrected chi connectivity index (χ2v) is 12.0. The van der Waals surface area contributed by atoms with Gasteiger partial charge in [-0.1, -0.05) is 18.2 Å². The molecule has 3 heterocycles. The van der Waals surface area contributed by atoms with Gasteiger partial charge < -0.3 is 14.9 Å². The lowest BCUT2D eigenvalue weighted by Crippen LogP contribution is -2.37. The molecule has 1 saturated heterocycles. The van der Waals surface area contributed by atoms with Crippen molar-refractivity contribution in [2.75, 3.05) is 25.5 Å². The number of phenols is 1. The van der Waals surface area contributed by atoms with E-state index in [9.17, 15) is 19.1 Å². The van der Waals surface area contributed by atoms with Crippen LogP contribution in [0.2, 0.25) is 0 Å². The SMILES string of the molecule is CN1CCC(C2CC=C(c3ccc4c(c3)C(=O)N(C(C(=O)Nc3nccs3)c3cc(F)ccc3O)C4)CC2)CC1. The minimum Gasteiger partial charge on any atom is -0.508 e. The Balaban J connectivity index is 1.24. The maximum Gasteiger partial charge on any atom is 0.255 e. The lowest BCUT2D eigenvalue weighted by Gasteiger charge is -2.36. The van der Waals surface area contributed by atoms with Gasteiger partial charge in [0.25, 0.3) is 11.8 Å². The van der Waals surface area contributed by atoms with Crippen LogP contribution in [0.5, 0.6) is 5.75 Å². The van der Waals surface area contributed by atoms with E-state index in [0.29, 0.717) is 10.7 Å². The molecule has 0 spiro atoms. The fourth-order valence-corrected chi connectivity index (χ4v) is 6.96. The quantitative estimate of drug-likeness (QED) is 0.395. The third-order valence-electron chi connectivity index (χ3n) is 8.70. The molecule has 1 fully saturated rings. The van der Waals surface area contributed by atoms with E-state index >= 15 is 0 Å². The third kappa shape index (κ3) is 5.28. The first-order valence-electron chi connectivity index (χ1n) is 13.9. The van der Waals surface area contributed by atoms with Crippen molar-refractivity contribution < 1.29 is 19.1 Å². The zero-order valence-electron chi connectivity index (χ0n) is 22.5. The standard InChI is InChI=1S/C31H33FN4O3S/c1-35-13-10-21(11-14-35)19-2-4-20(5-3-19)22-6-7-23-18-36(30(39)25(23)16-22)28(26-17-24(32)8-9-27(26)37)29(38)34-31-33-12-15-40-31/h4,6-9,12,15-17,19,21,28,37H,2-3,5,10-11,13-14,18H2,1H3,(H,33,34,38). The van der Waals surface area contributed by atoms with Gasteiger partial charge in [0, 0.05) is 29.2 Å². The number of allylic oxidation sites excluding steroid dienone is 2. The van der Waals surface area contributed by atoms with Gasteiger partial charge in [0.05, 0.1) is 0 Å². The highest BCUT2D eigenvalue weighted by atomic mass is 32.1. The number of amides is 2. The molecule has 3 aromatic rings. The molecular weight excluding hydrogens is 527 g/mol. The largest absolute Gasteiger partial charge is 0.508 e. The molecule has 2 atom stereocenters. The maximum absolute atomic E-state index is 14.3. The number of rotatable bonds is 6. The highest BCUT2D eigenvalue weighted by Gasteiger charge is 2.39. The molecule has 2 aliphatic heterocycles. The summed E-state index contributed by atoms with van der Waals surface area (Å²) in [6, 6.07) is 8.14. The van der Waals surface area contributed by atoms with Crippen molar-refractivity contribution in [2.24, 2.45) is 11.8 Å².